The second-order valence-corrected chi connectivity index (χ2v) is 8.38. The van der Waals surface area contributed by atoms with Gasteiger partial charge in [-0.3, -0.25) is 19.2 Å². The highest BCUT2D eigenvalue weighted by molar-refractivity contribution is 5.93. The van der Waals surface area contributed by atoms with Crippen molar-refractivity contribution >= 4 is 11.8 Å². The zero-order chi connectivity index (χ0) is 22.7. The van der Waals surface area contributed by atoms with E-state index in [0.29, 0.717) is 57.8 Å². The van der Waals surface area contributed by atoms with Crippen LogP contribution in [-0.4, -0.2) is 88.2 Å². The second-order valence-electron chi connectivity index (χ2n) is 8.38. The van der Waals surface area contributed by atoms with E-state index in [2.05, 4.69) is 5.10 Å². The summed E-state index contributed by atoms with van der Waals surface area (Å²) in [6.45, 7) is 5.32. The number of hydrogen-bond acceptors (Lipinski definition) is 5. The minimum Gasteiger partial charge on any atom is -0.487 e. The summed E-state index contributed by atoms with van der Waals surface area (Å²) >= 11 is 0. The quantitative estimate of drug-likeness (QED) is 0.706. The Morgan fingerprint density at radius 1 is 1.09 bits per heavy atom. The van der Waals surface area contributed by atoms with Crippen molar-refractivity contribution in [1.29, 1.82) is 0 Å². The van der Waals surface area contributed by atoms with Crippen LogP contribution in [0.3, 0.4) is 0 Å². The number of hydrogen-bond donors (Lipinski definition) is 0. The van der Waals surface area contributed by atoms with Crippen molar-refractivity contribution in [3.05, 3.63) is 48.0 Å². The lowest BCUT2D eigenvalue weighted by Crippen LogP contribution is -2.60. The Labute approximate surface area is 187 Å². The Morgan fingerprint density at radius 3 is 2.53 bits per heavy atom. The summed E-state index contributed by atoms with van der Waals surface area (Å²) in [5.41, 5.74) is 0.411. The van der Waals surface area contributed by atoms with E-state index in [4.69, 9.17) is 4.74 Å². The summed E-state index contributed by atoms with van der Waals surface area (Å²) in [4.78, 5) is 31.7. The molecule has 0 N–H and O–H groups in total. The first-order valence-corrected chi connectivity index (χ1v) is 11.2. The van der Waals surface area contributed by atoms with Gasteiger partial charge < -0.3 is 14.5 Å². The molecule has 2 fully saturated rings. The number of halogens is 1. The number of amides is 2. The van der Waals surface area contributed by atoms with Gasteiger partial charge in [-0.1, -0.05) is 12.1 Å². The summed E-state index contributed by atoms with van der Waals surface area (Å²) in [6, 6.07) is 7.72. The number of benzene rings is 1. The van der Waals surface area contributed by atoms with Gasteiger partial charge in [-0.15, -0.1) is 0 Å². The molecule has 3 heterocycles. The second kappa shape index (κ2) is 9.68. The molecule has 1 unspecified atom stereocenters. The largest absolute Gasteiger partial charge is 0.487 e. The number of carbonyl (C=O) groups excluding carboxylic acids is 2. The van der Waals surface area contributed by atoms with Crippen LogP contribution in [0, 0.1) is 5.82 Å². The first-order valence-electron chi connectivity index (χ1n) is 11.2. The lowest BCUT2D eigenvalue weighted by molar-refractivity contribution is -0.140. The van der Waals surface area contributed by atoms with Gasteiger partial charge in [-0.05, 0) is 32.2 Å². The maximum Gasteiger partial charge on any atom is 0.274 e. The average molecular weight is 444 g/mol. The van der Waals surface area contributed by atoms with E-state index in [-0.39, 0.29) is 35.5 Å². The first kappa shape index (κ1) is 22.3. The normalized spacial score (nSPS) is 20.4. The van der Waals surface area contributed by atoms with Gasteiger partial charge in [0.25, 0.3) is 5.91 Å². The van der Waals surface area contributed by atoms with Crippen LogP contribution in [0.2, 0.25) is 0 Å². The summed E-state index contributed by atoms with van der Waals surface area (Å²) in [5.74, 6) is -0.235. The lowest BCUT2D eigenvalue weighted by Gasteiger charge is -2.41. The highest BCUT2D eigenvalue weighted by Gasteiger charge is 2.36. The van der Waals surface area contributed by atoms with Crippen LogP contribution in [0.4, 0.5) is 4.39 Å². The molecule has 8 nitrogen and oxygen atoms in total. The Balaban J connectivity index is 1.34. The predicted molar refractivity (Wildman–Crippen MR) is 117 cm³/mol. The third kappa shape index (κ3) is 4.77. The van der Waals surface area contributed by atoms with Gasteiger partial charge in [0.05, 0.1) is 0 Å². The summed E-state index contributed by atoms with van der Waals surface area (Å²) in [5, 5.41) is 4.31. The third-order valence-corrected chi connectivity index (χ3v) is 6.29. The Morgan fingerprint density at radius 2 is 1.84 bits per heavy atom. The van der Waals surface area contributed by atoms with Gasteiger partial charge in [-0.25, -0.2) is 4.39 Å². The molecule has 9 heteroatoms. The van der Waals surface area contributed by atoms with Gasteiger partial charge in [0.2, 0.25) is 5.91 Å². The van der Waals surface area contributed by atoms with Crippen molar-refractivity contribution in [1.82, 2.24) is 24.5 Å². The molecule has 0 bridgehead atoms. The van der Waals surface area contributed by atoms with Crippen LogP contribution in [-0.2, 0) is 11.3 Å². The summed E-state index contributed by atoms with van der Waals surface area (Å²) in [6.07, 6.45) is 2.97. The fourth-order valence-electron chi connectivity index (χ4n) is 4.26. The number of rotatable bonds is 5. The predicted octanol–water partition coefficient (Wildman–Crippen LogP) is 1.87. The smallest absolute Gasteiger partial charge is 0.274 e. The number of para-hydroxylation sites is 1. The zero-order valence-corrected chi connectivity index (χ0v) is 18.6. The minimum absolute atomic E-state index is 0.0217. The molecule has 2 saturated heterocycles. The molecule has 1 atom stereocenters. The van der Waals surface area contributed by atoms with Crippen molar-refractivity contribution in [2.75, 3.05) is 39.8 Å². The van der Waals surface area contributed by atoms with Gasteiger partial charge in [-0.2, -0.15) is 5.10 Å². The molecular weight excluding hydrogens is 413 g/mol. The molecule has 172 valence electrons. The molecule has 0 radical (unpaired) electrons. The Kier molecular flexibility index (Phi) is 6.74. The van der Waals surface area contributed by atoms with Crippen molar-refractivity contribution in [3.63, 3.8) is 0 Å². The van der Waals surface area contributed by atoms with Crippen LogP contribution in [0.15, 0.2) is 36.5 Å². The van der Waals surface area contributed by atoms with Crippen LogP contribution < -0.4 is 4.74 Å². The average Bonchev–Trinajstić information content (AvgIpc) is 3.30. The molecule has 0 saturated carbocycles. The van der Waals surface area contributed by atoms with E-state index in [1.54, 1.807) is 40.0 Å². The van der Waals surface area contributed by atoms with Crippen LogP contribution in [0.5, 0.6) is 5.75 Å². The molecule has 0 spiro atoms. The molecular formula is C23H30FN5O3. The van der Waals surface area contributed by atoms with E-state index in [0.717, 1.165) is 0 Å². The van der Waals surface area contributed by atoms with Crippen LogP contribution in [0.25, 0.3) is 0 Å². The number of piperidine rings is 1. The lowest BCUT2D eigenvalue weighted by atomic mass is 10.0. The topological polar surface area (TPSA) is 70.9 Å². The Hall–Kier alpha value is -2.94. The molecule has 2 aliphatic rings. The minimum atomic E-state index is -0.384. The molecule has 2 aliphatic heterocycles. The number of carbonyl (C=O) groups is 2. The van der Waals surface area contributed by atoms with E-state index < -0.39 is 0 Å². The third-order valence-electron chi connectivity index (χ3n) is 6.29. The molecule has 1 aromatic carbocycles. The number of likely N-dealkylation sites (tertiary alicyclic amines) is 1. The van der Waals surface area contributed by atoms with Crippen LogP contribution in [0.1, 0.15) is 30.3 Å². The molecule has 2 amide bonds. The van der Waals surface area contributed by atoms with Gasteiger partial charge >= 0.3 is 0 Å². The highest BCUT2D eigenvalue weighted by atomic mass is 19.1. The van der Waals surface area contributed by atoms with Crippen molar-refractivity contribution < 1.29 is 18.7 Å². The number of piperazine rings is 1. The van der Waals surface area contributed by atoms with E-state index in [9.17, 15) is 14.0 Å². The first-order chi connectivity index (χ1) is 15.5. The molecule has 0 aliphatic carbocycles. The Bertz CT molecular complexity index is 957. The van der Waals surface area contributed by atoms with Crippen molar-refractivity contribution in [3.8, 4) is 5.75 Å². The van der Waals surface area contributed by atoms with Gasteiger partial charge in [0, 0.05) is 58.3 Å². The number of likely N-dealkylation sites (N-methyl/N-ethyl adjacent to an activating group) is 1. The van der Waals surface area contributed by atoms with Crippen molar-refractivity contribution in [2.45, 2.75) is 38.5 Å². The maximum absolute atomic E-state index is 13.8. The van der Waals surface area contributed by atoms with E-state index >= 15 is 0 Å². The highest BCUT2D eigenvalue weighted by Crippen LogP contribution is 2.23. The standard InChI is InChI=1S/C23H30FN5O3/c1-3-29-13-10-19(25-29)22(30)28-15-14-26(2)20(16-28)23(31)27-11-8-17(9-12-27)32-21-7-5-4-6-18(21)24/h4-7,10,13,17,20H,3,8-9,11-12,14-16H2,1-2H3. The number of aryl methyl sites for hydroxylation is 1. The van der Waals surface area contributed by atoms with E-state index in [1.807, 2.05) is 23.8 Å². The van der Waals surface area contributed by atoms with Crippen molar-refractivity contribution in [2.24, 2.45) is 0 Å². The van der Waals surface area contributed by atoms with Gasteiger partial charge in [0.15, 0.2) is 11.6 Å². The fourth-order valence-corrected chi connectivity index (χ4v) is 4.26. The van der Waals surface area contributed by atoms with Gasteiger partial charge in [0.1, 0.15) is 17.8 Å². The number of aromatic nitrogens is 2. The zero-order valence-electron chi connectivity index (χ0n) is 18.6. The van der Waals surface area contributed by atoms with E-state index in [1.165, 1.54) is 6.07 Å². The molecule has 2 aromatic rings. The summed E-state index contributed by atoms with van der Waals surface area (Å²) < 4.78 is 21.4. The molecule has 32 heavy (non-hydrogen) atoms. The summed E-state index contributed by atoms with van der Waals surface area (Å²) in [7, 11) is 1.92. The fraction of sp³-hybridized carbons (Fsp3) is 0.522. The number of nitrogens with zero attached hydrogens (tertiary/aromatic N) is 5. The molecule has 4 rings (SSSR count). The maximum atomic E-state index is 13.8. The number of ether oxygens (including phenoxy) is 1. The molecule has 1 aromatic heterocycles. The monoisotopic (exact) mass is 443 g/mol. The SMILES string of the molecule is CCn1ccc(C(=O)N2CCN(C)C(C(=O)N3CCC(Oc4ccccc4F)CC3)C2)n1. The van der Waals surface area contributed by atoms with Crippen LogP contribution >= 0.6 is 0 Å².